The fourth-order valence-electron chi connectivity index (χ4n) is 5.07. The summed E-state index contributed by atoms with van der Waals surface area (Å²) in [6.07, 6.45) is 5.59. The van der Waals surface area contributed by atoms with Crippen molar-refractivity contribution >= 4 is 35.1 Å². The second-order valence-electron chi connectivity index (χ2n) is 8.77. The van der Waals surface area contributed by atoms with Gasteiger partial charge in [-0.1, -0.05) is 11.6 Å². The Morgan fingerprint density at radius 2 is 2.13 bits per heavy atom. The standard InChI is InChI=1S/C24H19ClF2N8O3/c25-15-2-4-17(33-11-29-31-32-33)21(23(15)27)12-7-13-1-3-18(35(13)20(37)8-12)24-28-9-16(30-24)14-5-6-34(38)19(10-36)22(14)26/h2,4-6,8-9,11,13,18,36,38H,1,3,7,10H2/t13-,18+/m1/s1/i10D2,11D. The van der Waals surface area contributed by atoms with Gasteiger partial charge in [-0.3, -0.25) is 10.0 Å². The van der Waals surface area contributed by atoms with E-state index in [1.165, 1.54) is 24.4 Å². The fourth-order valence-corrected chi connectivity index (χ4v) is 5.22. The van der Waals surface area contributed by atoms with E-state index in [0.29, 0.717) is 18.4 Å². The number of fused-ring (bicyclic) bond motifs is 1. The van der Waals surface area contributed by atoms with Crippen LogP contribution in [0, 0.1) is 5.82 Å². The lowest BCUT2D eigenvalue weighted by atomic mass is 9.92. The molecule has 4 aliphatic rings. The second-order valence-corrected chi connectivity index (χ2v) is 9.18. The fraction of sp³-hybridized carbons (Fsp3) is 0.250. The largest absolute Gasteiger partial charge is 0.390 e. The van der Waals surface area contributed by atoms with Crippen LogP contribution in [0.1, 0.15) is 28.9 Å². The molecule has 0 saturated carbocycles. The minimum atomic E-state index is -3.17. The highest BCUT2D eigenvalue weighted by atomic mass is 35.5. The van der Waals surface area contributed by atoms with Gasteiger partial charge in [0.1, 0.15) is 13.4 Å². The van der Waals surface area contributed by atoms with Gasteiger partial charge in [-0.25, -0.2) is 23.8 Å². The van der Waals surface area contributed by atoms with Gasteiger partial charge < -0.3 is 10.0 Å². The highest BCUT2D eigenvalue weighted by molar-refractivity contribution is 6.31. The maximum absolute atomic E-state index is 15.4. The number of carbonyl (C=O) groups excluding carboxylic acids is 1. The van der Waals surface area contributed by atoms with Crippen molar-refractivity contribution in [2.24, 2.45) is 9.98 Å². The Hall–Kier alpha value is -4.07. The van der Waals surface area contributed by atoms with E-state index in [-0.39, 0.29) is 57.2 Å². The number of aliphatic imine (C=N–C) groups is 2. The predicted octanol–water partition coefficient (Wildman–Crippen LogP) is 2.73. The van der Waals surface area contributed by atoms with Crippen LogP contribution in [-0.2, 0) is 4.79 Å². The first-order chi connectivity index (χ1) is 19.5. The minimum absolute atomic E-state index is 0.0156. The van der Waals surface area contributed by atoms with Crippen LogP contribution < -0.4 is 0 Å². The Morgan fingerprint density at radius 3 is 2.89 bits per heavy atom. The van der Waals surface area contributed by atoms with E-state index in [9.17, 15) is 15.1 Å². The molecule has 4 aliphatic heterocycles. The molecule has 2 N–H and O–H groups in total. The van der Waals surface area contributed by atoms with Gasteiger partial charge in [-0.05, 0) is 53.5 Å². The lowest BCUT2D eigenvalue weighted by molar-refractivity contribution is -0.128. The molecule has 0 bridgehead atoms. The SMILES string of the molecule is [2H]c1nnnn1-c1ccc(Cl)c(F)c1C1=CC(=O)N2[C@H](CC[C@H]2C2=NC(=C3C=CN(O)C(C([2H])([2H])O)=C3F)C=N2)C1. The average Bonchev–Trinajstić information content (AvgIpc) is 3.64. The van der Waals surface area contributed by atoms with E-state index in [2.05, 4.69) is 25.5 Å². The number of carbonyl (C=O) groups is 1. The van der Waals surface area contributed by atoms with Crippen LogP contribution in [0.2, 0.25) is 5.02 Å². The van der Waals surface area contributed by atoms with E-state index in [1.54, 1.807) is 4.90 Å². The molecule has 0 unspecified atom stereocenters. The number of hydrogen-bond acceptors (Lipinski definition) is 9. The van der Waals surface area contributed by atoms with Crippen molar-refractivity contribution in [1.82, 2.24) is 30.2 Å². The molecule has 1 amide bonds. The van der Waals surface area contributed by atoms with Crippen LogP contribution in [-0.4, -0.2) is 77.1 Å². The number of amidine groups is 1. The number of hydrogen-bond donors (Lipinski definition) is 2. The monoisotopic (exact) mass is 543 g/mol. The van der Waals surface area contributed by atoms with E-state index >= 15 is 8.78 Å². The van der Waals surface area contributed by atoms with Gasteiger partial charge in [0.2, 0.25) is 5.91 Å². The van der Waals surface area contributed by atoms with Crippen molar-refractivity contribution in [1.29, 1.82) is 0 Å². The summed E-state index contributed by atoms with van der Waals surface area (Å²) >= 11 is 6.07. The van der Waals surface area contributed by atoms with Crippen LogP contribution in [0.15, 0.2) is 69.6 Å². The molecule has 1 fully saturated rings. The zero-order valence-electron chi connectivity index (χ0n) is 22.3. The smallest absolute Gasteiger partial charge is 0.247 e. The summed E-state index contributed by atoms with van der Waals surface area (Å²) in [6, 6.07) is 1.87. The maximum atomic E-state index is 15.4. The van der Waals surface area contributed by atoms with Crippen molar-refractivity contribution in [2.75, 3.05) is 6.56 Å². The summed E-state index contributed by atoms with van der Waals surface area (Å²) in [5.74, 6) is -2.20. The van der Waals surface area contributed by atoms with Crippen LogP contribution in [0.4, 0.5) is 8.78 Å². The molecule has 1 saturated heterocycles. The molecule has 11 nitrogen and oxygen atoms in total. The molecule has 14 heteroatoms. The normalized spacial score (nSPS) is 26.4. The minimum Gasteiger partial charge on any atom is -0.390 e. The van der Waals surface area contributed by atoms with Crippen LogP contribution in [0.3, 0.4) is 0 Å². The number of allylic oxidation sites excluding steroid dienone is 4. The molecule has 5 heterocycles. The summed E-state index contributed by atoms with van der Waals surface area (Å²) in [4.78, 5) is 23.7. The Kier molecular flexibility index (Phi) is 5.15. The van der Waals surface area contributed by atoms with E-state index in [1.807, 2.05) is 0 Å². The number of aromatic nitrogens is 4. The van der Waals surface area contributed by atoms with E-state index < -0.39 is 35.8 Å². The lowest BCUT2D eigenvalue weighted by Gasteiger charge is -2.33. The predicted molar refractivity (Wildman–Crippen MR) is 131 cm³/mol. The van der Waals surface area contributed by atoms with Gasteiger partial charge in [0, 0.05) is 29.5 Å². The number of nitrogens with zero attached hydrogens (tertiary/aromatic N) is 8. The first-order valence-electron chi connectivity index (χ1n) is 12.9. The van der Waals surface area contributed by atoms with Crippen molar-refractivity contribution in [2.45, 2.75) is 31.3 Å². The Morgan fingerprint density at radius 1 is 1.29 bits per heavy atom. The zero-order valence-corrected chi connectivity index (χ0v) is 20.0. The van der Waals surface area contributed by atoms with Crippen LogP contribution in [0.5, 0.6) is 0 Å². The van der Waals surface area contributed by atoms with Crippen molar-refractivity contribution < 1.29 is 28.0 Å². The summed E-state index contributed by atoms with van der Waals surface area (Å²) in [5, 5.41) is 30.1. The maximum Gasteiger partial charge on any atom is 0.247 e. The van der Waals surface area contributed by atoms with Gasteiger partial charge in [-0.15, -0.1) is 5.10 Å². The van der Waals surface area contributed by atoms with Gasteiger partial charge >= 0.3 is 0 Å². The third-order valence-electron chi connectivity index (χ3n) is 6.74. The Balaban J connectivity index is 1.33. The molecule has 194 valence electrons. The molecule has 0 aliphatic carbocycles. The van der Waals surface area contributed by atoms with E-state index in [4.69, 9.17) is 15.7 Å². The molecule has 2 atom stereocenters. The topological polar surface area (TPSA) is 132 Å². The van der Waals surface area contributed by atoms with Gasteiger partial charge in [-0.2, -0.15) is 4.68 Å². The molecule has 1 aromatic heterocycles. The van der Waals surface area contributed by atoms with Crippen LogP contribution >= 0.6 is 11.6 Å². The first kappa shape index (κ1) is 20.9. The molecule has 0 radical (unpaired) electrons. The van der Waals surface area contributed by atoms with Gasteiger partial charge in [0.15, 0.2) is 17.5 Å². The summed E-state index contributed by atoms with van der Waals surface area (Å²) < 4.78 is 54.2. The molecular formula is C24H19ClF2N8O3. The Bertz CT molecular complexity index is 1680. The number of tetrazole rings is 1. The number of halogens is 3. The quantitative estimate of drug-likeness (QED) is 0.606. The van der Waals surface area contributed by atoms with Gasteiger partial charge in [0.25, 0.3) is 0 Å². The van der Waals surface area contributed by atoms with Gasteiger partial charge in [0.05, 0.1) is 38.0 Å². The van der Waals surface area contributed by atoms with Crippen molar-refractivity contribution in [3.05, 3.63) is 76.0 Å². The number of amides is 1. The molecule has 1 aromatic carbocycles. The molecular weight excluding hydrogens is 522 g/mol. The number of aliphatic hydroxyl groups is 1. The lowest BCUT2D eigenvalue weighted by Crippen LogP contribution is -2.45. The number of benzene rings is 1. The third kappa shape index (κ3) is 3.86. The molecule has 38 heavy (non-hydrogen) atoms. The molecule has 0 spiro atoms. The Labute approximate surface area is 223 Å². The first-order valence-corrected chi connectivity index (χ1v) is 11.8. The summed E-state index contributed by atoms with van der Waals surface area (Å²) in [6.45, 7) is -3.17. The molecule has 2 aromatic rings. The number of rotatable bonds is 4. The van der Waals surface area contributed by atoms with Crippen LogP contribution in [0.25, 0.3) is 11.3 Å². The summed E-state index contributed by atoms with van der Waals surface area (Å²) in [7, 11) is 0. The third-order valence-corrected chi connectivity index (χ3v) is 7.03. The number of hydroxylamine groups is 2. The van der Waals surface area contributed by atoms with Crippen molar-refractivity contribution in [3.63, 3.8) is 0 Å². The van der Waals surface area contributed by atoms with Crippen molar-refractivity contribution in [3.8, 4) is 5.69 Å². The highest BCUT2D eigenvalue weighted by Crippen LogP contribution is 2.41. The second kappa shape index (κ2) is 9.35. The highest BCUT2D eigenvalue weighted by Gasteiger charge is 2.43. The molecule has 6 rings (SSSR count). The zero-order chi connectivity index (χ0) is 29.2. The summed E-state index contributed by atoms with van der Waals surface area (Å²) in [5.41, 5.74) is -0.651. The van der Waals surface area contributed by atoms with E-state index in [0.717, 1.165) is 17.0 Å². The average molecular weight is 544 g/mol.